The van der Waals surface area contributed by atoms with Gasteiger partial charge in [0.1, 0.15) is 12.4 Å². The number of amides is 2. The molecule has 2 amide bonds. The van der Waals surface area contributed by atoms with Crippen LogP contribution >= 0.6 is 11.6 Å². The molecule has 0 unspecified atom stereocenters. The third-order valence-electron chi connectivity index (χ3n) is 4.96. The highest BCUT2D eigenvalue weighted by atomic mass is 35.5. The zero-order valence-corrected chi connectivity index (χ0v) is 18.0. The zero-order valence-electron chi connectivity index (χ0n) is 17.3. The number of ether oxygens (including phenoxy) is 1. The molecule has 6 heteroatoms. The number of nitrogens with one attached hydrogen (secondary N) is 1. The normalized spacial score (nSPS) is 15.5. The van der Waals surface area contributed by atoms with Crippen molar-refractivity contribution in [1.29, 1.82) is 0 Å². The van der Waals surface area contributed by atoms with Crippen molar-refractivity contribution in [2.45, 2.75) is 34.1 Å². The number of anilines is 2. The Morgan fingerprint density at radius 2 is 1.90 bits per heavy atom. The molecule has 5 nitrogen and oxygen atoms in total. The van der Waals surface area contributed by atoms with E-state index in [9.17, 15) is 9.59 Å². The molecule has 3 rings (SSSR count). The molecule has 0 radical (unpaired) electrons. The van der Waals surface area contributed by atoms with Crippen molar-refractivity contribution in [3.05, 3.63) is 53.1 Å². The second-order valence-corrected chi connectivity index (χ2v) is 8.89. The zero-order chi connectivity index (χ0) is 21.2. The molecule has 1 aliphatic heterocycles. The Balaban J connectivity index is 1.87. The first-order valence-electron chi connectivity index (χ1n) is 9.83. The molecule has 2 aromatic rings. The SMILES string of the molecule is CC(C)CCN1C(=O)C(C)(C)COc2cc(NC(=O)c3ccc(Cl)cc3)ccc21. The first-order valence-corrected chi connectivity index (χ1v) is 10.2. The van der Waals surface area contributed by atoms with Gasteiger partial charge in [0.25, 0.3) is 5.91 Å². The lowest BCUT2D eigenvalue weighted by Crippen LogP contribution is -2.42. The predicted molar refractivity (Wildman–Crippen MR) is 117 cm³/mol. The molecule has 0 atom stereocenters. The highest BCUT2D eigenvalue weighted by molar-refractivity contribution is 6.30. The van der Waals surface area contributed by atoms with E-state index in [1.165, 1.54) is 0 Å². The topological polar surface area (TPSA) is 58.6 Å². The van der Waals surface area contributed by atoms with Crippen LogP contribution in [0.4, 0.5) is 11.4 Å². The van der Waals surface area contributed by atoms with Crippen LogP contribution in [0.1, 0.15) is 44.5 Å². The third-order valence-corrected chi connectivity index (χ3v) is 5.21. The number of fused-ring (bicyclic) bond motifs is 1. The number of benzene rings is 2. The Bertz CT molecular complexity index is 907. The largest absolute Gasteiger partial charge is 0.490 e. The van der Waals surface area contributed by atoms with E-state index in [-0.39, 0.29) is 18.4 Å². The highest BCUT2D eigenvalue weighted by Crippen LogP contribution is 2.38. The number of carbonyl (C=O) groups is 2. The van der Waals surface area contributed by atoms with Crippen molar-refractivity contribution in [3.63, 3.8) is 0 Å². The van der Waals surface area contributed by atoms with E-state index in [2.05, 4.69) is 19.2 Å². The van der Waals surface area contributed by atoms with Gasteiger partial charge in [-0.25, -0.2) is 0 Å². The summed E-state index contributed by atoms with van der Waals surface area (Å²) in [6.45, 7) is 8.98. The van der Waals surface area contributed by atoms with Gasteiger partial charge in [0.15, 0.2) is 0 Å². The minimum absolute atomic E-state index is 0.0508. The molecule has 1 N–H and O–H groups in total. The van der Waals surface area contributed by atoms with Gasteiger partial charge in [0.05, 0.1) is 11.1 Å². The second kappa shape index (κ2) is 8.46. The van der Waals surface area contributed by atoms with Gasteiger partial charge in [-0.2, -0.15) is 0 Å². The maximum Gasteiger partial charge on any atom is 0.255 e. The van der Waals surface area contributed by atoms with E-state index in [0.717, 1.165) is 12.1 Å². The number of hydrogen-bond donors (Lipinski definition) is 1. The summed E-state index contributed by atoms with van der Waals surface area (Å²) >= 11 is 5.88. The molecule has 1 heterocycles. The lowest BCUT2D eigenvalue weighted by Gasteiger charge is -2.28. The van der Waals surface area contributed by atoms with Crippen LogP contribution in [0.2, 0.25) is 5.02 Å². The van der Waals surface area contributed by atoms with E-state index in [1.54, 1.807) is 36.4 Å². The molecule has 0 saturated carbocycles. The number of nitrogens with zero attached hydrogens (tertiary/aromatic N) is 1. The van der Waals surface area contributed by atoms with Crippen LogP contribution in [0, 0.1) is 11.3 Å². The van der Waals surface area contributed by atoms with E-state index in [1.807, 2.05) is 24.8 Å². The van der Waals surface area contributed by atoms with Crippen molar-refractivity contribution >= 4 is 34.8 Å². The maximum absolute atomic E-state index is 13.1. The summed E-state index contributed by atoms with van der Waals surface area (Å²) in [5.74, 6) is 0.899. The van der Waals surface area contributed by atoms with Gasteiger partial charge in [-0.3, -0.25) is 9.59 Å². The van der Waals surface area contributed by atoms with Gasteiger partial charge in [-0.15, -0.1) is 0 Å². The fourth-order valence-electron chi connectivity index (χ4n) is 3.14. The number of hydrogen-bond acceptors (Lipinski definition) is 3. The highest BCUT2D eigenvalue weighted by Gasteiger charge is 2.37. The molecule has 0 fully saturated rings. The van der Waals surface area contributed by atoms with Gasteiger partial charge >= 0.3 is 0 Å². The van der Waals surface area contributed by atoms with Crippen molar-refractivity contribution in [2.75, 3.05) is 23.4 Å². The van der Waals surface area contributed by atoms with E-state index in [0.29, 0.717) is 34.5 Å². The molecule has 0 aliphatic carbocycles. The quantitative estimate of drug-likeness (QED) is 0.713. The van der Waals surface area contributed by atoms with Crippen LogP contribution in [0.25, 0.3) is 0 Å². The molecule has 29 heavy (non-hydrogen) atoms. The molecular formula is C23H27ClN2O3. The van der Waals surface area contributed by atoms with E-state index < -0.39 is 5.41 Å². The molecule has 154 valence electrons. The standard InChI is InChI=1S/C23H27ClN2O3/c1-15(2)11-12-26-19-10-9-18(13-20(19)29-14-23(3,4)22(26)28)25-21(27)16-5-7-17(24)8-6-16/h5-10,13,15H,11-12,14H2,1-4H3,(H,25,27). The maximum atomic E-state index is 13.1. The molecule has 2 aromatic carbocycles. The van der Waals surface area contributed by atoms with E-state index >= 15 is 0 Å². The summed E-state index contributed by atoms with van der Waals surface area (Å²) in [5.41, 5.74) is 1.24. The Labute approximate surface area is 177 Å². The first kappa shape index (κ1) is 21.2. The van der Waals surface area contributed by atoms with Crippen molar-refractivity contribution < 1.29 is 14.3 Å². The van der Waals surface area contributed by atoms with Crippen LogP contribution in [-0.2, 0) is 4.79 Å². The Morgan fingerprint density at radius 1 is 1.21 bits per heavy atom. The van der Waals surface area contributed by atoms with Gasteiger partial charge < -0.3 is 15.0 Å². The lowest BCUT2D eigenvalue weighted by atomic mass is 9.92. The molecule has 1 aliphatic rings. The van der Waals surface area contributed by atoms with Crippen molar-refractivity contribution in [1.82, 2.24) is 0 Å². The van der Waals surface area contributed by atoms with Gasteiger partial charge in [-0.1, -0.05) is 25.4 Å². The minimum Gasteiger partial charge on any atom is -0.490 e. The summed E-state index contributed by atoms with van der Waals surface area (Å²) in [7, 11) is 0. The van der Waals surface area contributed by atoms with E-state index in [4.69, 9.17) is 16.3 Å². The first-order chi connectivity index (χ1) is 13.7. The summed E-state index contributed by atoms with van der Waals surface area (Å²) < 4.78 is 5.98. The Hall–Kier alpha value is -2.53. The van der Waals surface area contributed by atoms with Gasteiger partial charge in [0, 0.05) is 28.9 Å². The van der Waals surface area contributed by atoms with Crippen LogP contribution in [0.3, 0.4) is 0 Å². The second-order valence-electron chi connectivity index (χ2n) is 8.46. The fourth-order valence-corrected chi connectivity index (χ4v) is 3.26. The average Bonchev–Trinajstić information content (AvgIpc) is 2.76. The fraction of sp³-hybridized carbons (Fsp3) is 0.391. The van der Waals surface area contributed by atoms with Crippen molar-refractivity contribution in [3.8, 4) is 5.75 Å². The van der Waals surface area contributed by atoms with Crippen molar-refractivity contribution in [2.24, 2.45) is 11.3 Å². The smallest absolute Gasteiger partial charge is 0.255 e. The lowest BCUT2D eigenvalue weighted by molar-refractivity contribution is -0.127. The third kappa shape index (κ3) is 4.91. The molecule has 0 aromatic heterocycles. The molecular weight excluding hydrogens is 388 g/mol. The summed E-state index contributed by atoms with van der Waals surface area (Å²) in [4.78, 5) is 27.4. The van der Waals surface area contributed by atoms with Gasteiger partial charge in [0.2, 0.25) is 5.91 Å². The Kier molecular flexibility index (Phi) is 6.18. The number of carbonyl (C=O) groups excluding carboxylic acids is 2. The van der Waals surface area contributed by atoms with Gasteiger partial charge in [-0.05, 0) is 62.6 Å². The monoisotopic (exact) mass is 414 g/mol. The Morgan fingerprint density at radius 3 is 2.55 bits per heavy atom. The molecule has 0 saturated heterocycles. The summed E-state index contributed by atoms with van der Waals surface area (Å²) in [5, 5.41) is 3.46. The summed E-state index contributed by atoms with van der Waals surface area (Å²) in [6.07, 6.45) is 0.899. The summed E-state index contributed by atoms with van der Waals surface area (Å²) in [6, 6.07) is 12.1. The van der Waals surface area contributed by atoms with Crippen LogP contribution in [-0.4, -0.2) is 25.0 Å². The molecule has 0 bridgehead atoms. The van der Waals surface area contributed by atoms with Crippen LogP contribution in [0.5, 0.6) is 5.75 Å². The van der Waals surface area contributed by atoms with Crippen LogP contribution < -0.4 is 15.0 Å². The average molecular weight is 415 g/mol. The minimum atomic E-state index is -0.622. The number of rotatable bonds is 5. The molecule has 0 spiro atoms. The number of halogens is 1. The van der Waals surface area contributed by atoms with Crippen LogP contribution in [0.15, 0.2) is 42.5 Å². The predicted octanol–water partition coefficient (Wildman–Crippen LogP) is 5.39.